The van der Waals surface area contributed by atoms with Gasteiger partial charge in [-0.25, -0.2) is 0 Å². The third-order valence-corrected chi connectivity index (χ3v) is 15.6. The Labute approximate surface area is 146 Å². The van der Waals surface area contributed by atoms with Gasteiger partial charge in [0.15, 0.2) is 0 Å². The molecule has 0 amide bonds. The van der Waals surface area contributed by atoms with E-state index in [0.29, 0.717) is 0 Å². The average molecular weight is 546 g/mol. The zero-order valence-corrected chi connectivity index (χ0v) is 14.6. The molecule has 0 bridgehead atoms. The van der Waals surface area contributed by atoms with Crippen LogP contribution in [0, 0.1) is 0 Å². The molecule has 0 aromatic heterocycles. The number of hydrogen-bond donors (Lipinski definition) is 0. The molecule has 0 aromatic rings. The fourth-order valence-electron chi connectivity index (χ4n) is 2.35. The molecule has 0 aliphatic carbocycles. The normalized spacial score (nSPS) is 17.0. The Morgan fingerprint density at radius 3 is 0.414 bits per heavy atom. The van der Waals surface area contributed by atoms with Crippen LogP contribution in [0.2, 0.25) is 0 Å². The van der Waals surface area contributed by atoms with Crippen LogP contribution in [0.15, 0.2) is 0 Å². The molecule has 0 heterocycles. The van der Waals surface area contributed by atoms with Crippen LogP contribution in [0.1, 0.15) is 0 Å². The molecule has 0 radical (unpaired) electrons. The number of hydrogen-bond acceptors (Lipinski definition) is 0. The van der Waals surface area contributed by atoms with Crippen molar-refractivity contribution in [1.29, 1.82) is 0 Å². The summed E-state index contributed by atoms with van der Waals surface area (Å²) in [5.74, 6) is 0. The molecule has 21 heteroatoms. The molecule has 0 N–H and O–H groups in total. The Balaban J connectivity index is 8.26. The van der Waals surface area contributed by atoms with Crippen molar-refractivity contribution in [1.82, 2.24) is 0 Å². The molecule has 0 spiro atoms. The molecule has 29 heavy (non-hydrogen) atoms. The van der Waals surface area contributed by atoms with E-state index < -0.39 is 57.6 Å². The Kier molecular flexibility index (Phi) is 6.44. The molecule has 0 saturated heterocycles. The van der Waals surface area contributed by atoms with Gasteiger partial charge in [-0.1, -0.05) is 0 Å². The molecule has 0 aliphatic rings. The monoisotopic (exact) mass is 545 g/mol. The summed E-state index contributed by atoms with van der Waals surface area (Å²) in [6, 6.07) is 0. The third kappa shape index (κ3) is 3.42. The van der Waals surface area contributed by atoms with Gasteiger partial charge in [0.25, 0.3) is 0 Å². The van der Waals surface area contributed by atoms with Crippen LogP contribution in [-0.4, -0.2) is 57.6 Å². The molecular formula is C8F20Ga-. The summed E-state index contributed by atoms with van der Waals surface area (Å²) in [5, 5.41) is 0. The summed E-state index contributed by atoms with van der Waals surface area (Å²) in [5.41, 5.74) is 0. The van der Waals surface area contributed by atoms with Gasteiger partial charge in [-0.15, -0.1) is 0 Å². The summed E-state index contributed by atoms with van der Waals surface area (Å²) in [6.07, 6.45) is -34.1. The van der Waals surface area contributed by atoms with Gasteiger partial charge in [-0.05, 0) is 0 Å². The van der Waals surface area contributed by atoms with E-state index in [-0.39, 0.29) is 0 Å². The van der Waals surface area contributed by atoms with Crippen molar-refractivity contribution < 1.29 is 87.8 Å². The number of alkyl halides is 20. The van der Waals surface area contributed by atoms with Crippen molar-refractivity contribution in [2.75, 3.05) is 0 Å². The Morgan fingerprint density at radius 2 is 0.345 bits per heavy atom. The summed E-state index contributed by atoms with van der Waals surface area (Å²) in [4.78, 5) is 0. The van der Waals surface area contributed by atoms with Crippen molar-refractivity contribution in [2.24, 2.45) is 0 Å². The van der Waals surface area contributed by atoms with Crippen LogP contribution < -0.4 is 0 Å². The molecule has 0 atom stereocenters. The van der Waals surface area contributed by atoms with Gasteiger partial charge in [0.05, 0.1) is 0 Å². The van der Waals surface area contributed by atoms with E-state index in [0.717, 1.165) is 0 Å². The molecule has 0 saturated carbocycles. The first-order valence-electron chi connectivity index (χ1n) is 5.93. The van der Waals surface area contributed by atoms with Crippen molar-refractivity contribution >= 4 is 15.0 Å². The first-order chi connectivity index (χ1) is 12.0. The van der Waals surface area contributed by atoms with Crippen molar-refractivity contribution in [2.45, 2.75) is 42.6 Å². The van der Waals surface area contributed by atoms with E-state index in [1.54, 1.807) is 0 Å². The Hall–Kier alpha value is -0.764. The van der Waals surface area contributed by atoms with Crippen LogP contribution in [0.3, 0.4) is 0 Å². The van der Waals surface area contributed by atoms with Gasteiger partial charge < -0.3 is 0 Å². The predicted molar refractivity (Wildman–Crippen MR) is 49.8 cm³/mol. The van der Waals surface area contributed by atoms with Crippen LogP contribution in [-0.2, 0) is 0 Å². The van der Waals surface area contributed by atoms with Crippen molar-refractivity contribution in [3.63, 3.8) is 0 Å². The second-order valence-electron chi connectivity index (χ2n) is 5.35. The molecule has 0 nitrogen and oxygen atoms in total. The quantitative estimate of drug-likeness (QED) is 0.284. The first kappa shape index (κ1) is 28.2. The number of rotatable bonds is 4. The van der Waals surface area contributed by atoms with E-state index in [1.165, 1.54) is 0 Å². The van der Waals surface area contributed by atoms with Gasteiger partial charge >= 0.3 is 145 Å². The summed E-state index contributed by atoms with van der Waals surface area (Å²) in [6.45, 7) is 0. The second-order valence-corrected chi connectivity index (χ2v) is 15.1. The van der Waals surface area contributed by atoms with Crippen LogP contribution >= 0.6 is 0 Å². The third-order valence-electron chi connectivity index (χ3n) is 3.69. The Morgan fingerprint density at radius 1 is 0.241 bits per heavy atom. The van der Waals surface area contributed by atoms with Crippen molar-refractivity contribution in [3.8, 4) is 0 Å². The minimum absolute atomic E-state index is 8.53. The minimum atomic E-state index is -13.1. The maximum absolute atomic E-state index is 13.4. The summed E-state index contributed by atoms with van der Waals surface area (Å²) < 4.78 is 218. The fourth-order valence-corrected chi connectivity index (χ4v) is 12.2. The van der Waals surface area contributed by atoms with E-state index >= 15 is 0 Å². The topological polar surface area (TPSA) is 0 Å². The van der Waals surface area contributed by atoms with Gasteiger partial charge in [-0.3, -0.25) is 0 Å². The van der Waals surface area contributed by atoms with Crippen molar-refractivity contribution in [3.05, 3.63) is 0 Å². The first-order valence-corrected chi connectivity index (χ1v) is 10.8. The van der Waals surface area contributed by atoms with E-state index in [4.69, 9.17) is 0 Å². The van der Waals surface area contributed by atoms with Gasteiger partial charge in [0.2, 0.25) is 0 Å². The molecule has 0 fully saturated rings. The second kappa shape index (κ2) is 6.62. The van der Waals surface area contributed by atoms with Crippen LogP contribution in [0.4, 0.5) is 87.8 Å². The van der Waals surface area contributed by atoms with Gasteiger partial charge in [-0.2, -0.15) is 0 Å². The van der Waals surface area contributed by atoms with Gasteiger partial charge in [0.1, 0.15) is 0 Å². The summed E-state index contributed by atoms with van der Waals surface area (Å²) in [7, 11) is 0. The Bertz CT molecular complexity index is 486. The van der Waals surface area contributed by atoms with Crippen LogP contribution in [0.5, 0.6) is 0 Å². The molecular weight excluding hydrogens is 546 g/mol. The van der Waals surface area contributed by atoms with Crippen LogP contribution in [0.25, 0.3) is 0 Å². The zero-order valence-electron chi connectivity index (χ0n) is 12.1. The van der Waals surface area contributed by atoms with Gasteiger partial charge in [0, 0.05) is 0 Å². The molecule has 0 rings (SSSR count). The maximum atomic E-state index is 13.4. The SMILES string of the molecule is FC(F)(F)[C](F)(F)[Ga-]([C](F)(F)C(F)(F)F)([C](F)(F)C(F)(F)F)[C](F)(F)C(F)(F)F. The van der Waals surface area contributed by atoms with E-state index in [9.17, 15) is 87.8 Å². The standard InChI is InChI=1S/4C2F5.Ga/c4*3-1(4)2(5,6)7;/q;;;;-1. The molecule has 176 valence electrons. The average Bonchev–Trinajstić information content (AvgIpc) is 2.31. The molecule has 0 unspecified atom stereocenters. The van der Waals surface area contributed by atoms with E-state index in [2.05, 4.69) is 0 Å². The summed E-state index contributed by atoms with van der Waals surface area (Å²) >= 11 is -13.1. The number of halogens is 20. The molecule has 0 aromatic carbocycles. The molecule has 0 aliphatic heterocycles. The predicted octanol–water partition coefficient (Wildman–Crippen LogP) is 6.38. The fraction of sp³-hybridized carbons (Fsp3) is 1.00. The van der Waals surface area contributed by atoms with E-state index in [1.807, 2.05) is 0 Å². The zero-order chi connectivity index (χ0) is 24.5.